The van der Waals surface area contributed by atoms with E-state index in [9.17, 15) is 0 Å². The van der Waals surface area contributed by atoms with Crippen LogP contribution in [0.4, 0.5) is 0 Å². The van der Waals surface area contributed by atoms with E-state index in [1.807, 2.05) is 31.3 Å². The minimum absolute atomic E-state index is 0.860. The van der Waals surface area contributed by atoms with Crippen molar-refractivity contribution in [2.75, 3.05) is 11.5 Å². The fourth-order valence-corrected chi connectivity index (χ4v) is 3.53. The summed E-state index contributed by atoms with van der Waals surface area (Å²) in [5.74, 6) is 2.03. The van der Waals surface area contributed by atoms with E-state index in [2.05, 4.69) is 25.5 Å². The molecule has 2 heterocycles. The second-order valence-electron chi connectivity index (χ2n) is 4.19. The van der Waals surface area contributed by atoms with Crippen LogP contribution >= 0.6 is 23.5 Å². The molecule has 3 rings (SSSR count). The summed E-state index contributed by atoms with van der Waals surface area (Å²) in [5, 5.41) is 13.2. The molecule has 1 aromatic carbocycles. The zero-order valence-electron chi connectivity index (χ0n) is 11.0. The van der Waals surface area contributed by atoms with Crippen LogP contribution in [-0.4, -0.2) is 41.7 Å². The summed E-state index contributed by atoms with van der Waals surface area (Å²) in [7, 11) is 1.85. The van der Waals surface area contributed by atoms with Gasteiger partial charge in [0.15, 0.2) is 5.16 Å². The summed E-state index contributed by atoms with van der Waals surface area (Å²) < 4.78 is 1.69. The number of H-pyrrole nitrogens is 1. The summed E-state index contributed by atoms with van der Waals surface area (Å²) in [6.45, 7) is 0. The molecule has 3 aromatic rings. The van der Waals surface area contributed by atoms with Gasteiger partial charge in [-0.1, -0.05) is 35.7 Å². The highest BCUT2D eigenvalue weighted by Gasteiger charge is 2.04. The van der Waals surface area contributed by atoms with Crippen LogP contribution in [0.15, 0.2) is 34.6 Å². The molecule has 0 aliphatic heterocycles. The van der Waals surface area contributed by atoms with E-state index in [1.165, 1.54) is 0 Å². The number of tetrazole rings is 1. The maximum atomic E-state index is 4.54. The largest absolute Gasteiger partial charge is 0.333 e. The first-order valence-electron chi connectivity index (χ1n) is 6.25. The Bertz CT molecular complexity index is 659. The lowest BCUT2D eigenvalue weighted by molar-refractivity contribution is 0.664. The SMILES string of the molecule is Cn1nnnc1SCCCSc1nc2ccccc2[nH]1. The lowest BCUT2D eigenvalue weighted by Crippen LogP contribution is -1.94. The monoisotopic (exact) mass is 306 g/mol. The second-order valence-corrected chi connectivity index (χ2v) is 6.34. The highest BCUT2D eigenvalue weighted by Crippen LogP contribution is 2.21. The molecule has 8 heteroatoms. The van der Waals surface area contributed by atoms with Crippen LogP contribution in [-0.2, 0) is 7.05 Å². The maximum Gasteiger partial charge on any atom is 0.209 e. The Morgan fingerprint density at radius 3 is 2.85 bits per heavy atom. The maximum absolute atomic E-state index is 4.54. The van der Waals surface area contributed by atoms with Gasteiger partial charge in [0, 0.05) is 18.6 Å². The van der Waals surface area contributed by atoms with E-state index in [1.54, 1.807) is 28.2 Å². The molecule has 6 nitrogen and oxygen atoms in total. The van der Waals surface area contributed by atoms with Gasteiger partial charge in [-0.05, 0) is 29.0 Å². The van der Waals surface area contributed by atoms with Crippen molar-refractivity contribution < 1.29 is 0 Å². The molecule has 0 unspecified atom stereocenters. The number of aromatic amines is 1. The molecule has 0 saturated heterocycles. The summed E-state index contributed by atoms with van der Waals surface area (Å²) in [6, 6.07) is 8.08. The quantitative estimate of drug-likeness (QED) is 0.557. The van der Waals surface area contributed by atoms with Gasteiger partial charge in [-0.15, -0.1) is 5.10 Å². The van der Waals surface area contributed by atoms with E-state index in [0.29, 0.717) is 0 Å². The molecule has 0 fully saturated rings. The van der Waals surface area contributed by atoms with Crippen molar-refractivity contribution in [1.29, 1.82) is 0 Å². The number of aryl methyl sites for hydroxylation is 1. The summed E-state index contributed by atoms with van der Waals surface area (Å²) in [5.41, 5.74) is 2.11. The van der Waals surface area contributed by atoms with E-state index >= 15 is 0 Å². The molecule has 1 N–H and O–H groups in total. The number of imidazole rings is 1. The van der Waals surface area contributed by atoms with Gasteiger partial charge in [-0.2, -0.15) is 0 Å². The van der Waals surface area contributed by atoms with Crippen molar-refractivity contribution in [2.24, 2.45) is 7.05 Å². The molecule has 0 bridgehead atoms. The molecule has 2 aromatic heterocycles. The summed E-state index contributed by atoms with van der Waals surface area (Å²) >= 11 is 3.43. The number of thioether (sulfide) groups is 2. The lowest BCUT2D eigenvalue weighted by atomic mass is 10.3. The molecule has 0 aliphatic carbocycles. The minimum atomic E-state index is 0.860. The Kier molecular flexibility index (Phi) is 4.22. The predicted octanol–water partition coefficient (Wildman–Crippen LogP) is 2.36. The molecule has 0 atom stereocenters. The highest BCUT2D eigenvalue weighted by molar-refractivity contribution is 8.00. The zero-order chi connectivity index (χ0) is 13.8. The van der Waals surface area contributed by atoms with Gasteiger partial charge in [0.1, 0.15) is 0 Å². The number of hydrogen-bond acceptors (Lipinski definition) is 6. The van der Waals surface area contributed by atoms with Gasteiger partial charge >= 0.3 is 0 Å². The van der Waals surface area contributed by atoms with Crippen LogP contribution in [0.2, 0.25) is 0 Å². The van der Waals surface area contributed by atoms with Crippen LogP contribution in [0.5, 0.6) is 0 Å². The summed E-state index contributed by atoms with van der Waals surface area (Å²) in [4.78, 5) is 7.86. The minimum Gasteiger partial charge on any atom is -0.333 e. The Balaban J connectivity index is 1.44. The Hall–Kier alpha value is -1.54. The summed E-state index contributed by atoms with van der Waals surface area (Å²) in [6.07, 6.45) is 1.08. The third kappa shape index (κ3) is 3.13. The number of nitrogens with one attached hydrogen (secondary N) is 1. The Morgan fingerprint density at radius 2 is 2.05 bits per heavy atom. The molecule has 20 heavy (non-hydrogen) atoms. The van der Waals surface area contributed by atoms with Gasteiger partial charge in [-0.25, -0.2) is 9.67 Å². The van der Waals surface area contributed by atoms with E-state index in [-0.39, 0.29) is 0 Å². The number of fused-ring (bicyclic) bond motifs is 1. The molecular formula is C12H14N6S2. The predicted molar refractivity (Wildman–Crippen MR) is 81.0 cm³/mol. The van der Waals surface area contributed by atoms with Crippen molar-refractivity contribution in [2.45, 2.75) is 16.7 Å². The van der Waals surface area contributed by atoms with Crippen LogP contribution < -0.4 is 0 Å². The van der Waals surface area contributed by atoms with Crippen LogP contribution in [0.1, 0.15) is 6.42 Å². The topological polar surface area (TPSA) is 72.3 Å². The molecule has 104 valence electrons. The number of benzene rings is 1. The average molecular weight is 306 g/mol. The van der Waals surface area contributed by atoms with Crippen LogP contribution in [0, 0.1) is 0 Å². The fourth-order valence-electron chi connectivity index (χ4n) is 1.73. The third-order valence-electron chi connectivity index (χ3n) is 2.71. The first kappa shape index (κ1) is 13.4. The number of rotatable bonds is 6. The molecule has 0 aliphatic rings. The molecular weight excluding hydrogens is 292 g/mol. The van der Waals surface area contributed by atoms with Crippen molar-refractivity contribution in [3.05, 3.63) is 24.3 Å². The standard InChI is InChI=1S/C12H14N6S2/c1-18-12(15-16-17-18)20-8-4-7-19-11-13-9-5-2-3-6-10(9)14-11/h2-3,5-6H,4,7-8H2,1H3,(H,13,14). The molecule has 0 saturated carbocycles. The smallest absolute Gasteiger partial charge is 0.209 e. The van der Waals surface area contributed by atoms with Gasteiger partial charge in [-0.3, -0.25) is 0 Å². The lowest BCUT2D eigenvalue weighted by Gasteiger charge is -1.98. The third-order valence-corrected chi connectivity index (χ3v) is 4.76. The van der Waals surface area contributed by atoms with Crippen molar-refractivity contribution in [3.8, 4) is 0 Å². The van der Waals surface area contributed by atoms with E-state index in [4.69, 9.17) is 0 Å². The van der Waals surface area contributed by atoms with Gasteiger partial charge < -0.3 is 4.98 Å². The highest BCUT2D eigenvalue weighted by atomic mass is 32.2. The number of aromatic nitrogens is 6. The Labute approximate surface area is 124 Å². The van der Waals surface area contributed by atoms with Gasteiger partial charge in [0.05, 0.1) is 11.0 Å². The molecule has 0 spiro atoms. The average Bonchev–Trinajstić information content (AvgIpc) is 3.04. The van der Waals surface area contributed by atoms with E-state index < -0.39 is 0 Å². The molecule has 0 radical (unpaired) electrons. The van der Waals surface area contributed by atoms with Gasteiger partial charge in [0.2, 0.25) is 5.16 Å². The van der Waals surface area contributed by atoms with Crippen LogP contribution in [0.3, 0.4) is 0 Å². The van der Waals surface area contributed by atoms with Crippen molar-refractivity contribution in [3.63, 3.8) is 0 Å². The fraction of sp³-hybridized carbons (Fsp3) is 0.333. The molecule has 0 amide bonds. The number of para-hydroxylation sites is 2. The first-order valence-corrected chi connectivity index (χ1v) is 8.23. The number of hydrogen-bond donors (Lipinski definition) is 1. The van der Waals surface area contributed by atoms with Crippen LogP contribution in [0.25, 0.3) is 11.0 Å². The first-order chi connectivity index (χ1) is 9.83. The normalized spacial score (nSPS) is 11.2. The number of nitrogens with zero attached hydrogens (tertiary/aromatic N) is 5. The van der Waals surface area contributed by atoms with Gasteiger partial charge in [0.25, 0.3) is 0 Å². The van der Waals surface area contributed by atoms with E-state index in [0.717, 1.165) is 39.3 Å². The zero-order valence-corrected chi connectivity index (χ0v) is 12.6. The van der Waals surface area contributed by atoms with Crippen molar-refractivity contribution in [1.82, 2.24) is 30.2 Å². The Morgan fingerprint density at radius 1 is 1.20 bits per heavy atom. The second kappa shape index (κ2) is 6.27. The van der Waals surface area contributed by atoms with Crippen molar-refractivity contribution >= 4 is 34.6 Å².